The Kier molecular flexibility index (Phi) is 3.18. The van der Waals surface area contributed by atoms with E-state index < -0.39 is 0 Å². The number of aromatic nitrogens is 4. The third kappa shape index (κ3) is 2.48. The lowest BCUT2D eigenvalue weighted by atomic mass is 10.2. The van der Waals surface area contributed by atoms with Gasteiger partial charge in [0.1, 0.15) is 6.33 Å². The molecule has 2 aromatic rings. The number of anilines is 1. The molecule has 1 saturated heterocycles. The molecule has 0 saturated carbocycles. The van der Waals surface area contributed by atoms with Gasteiger partial charge in [-0.15, -0.1) is 5.10 Å². The second kappa shape index (κ2) is 5.14. The van der Waals surface area contributed by atoms with Crippen LogP contribution in [0.3, 0.4) is 0 Å². The number of nitrogens with zero attached hydrogens (tertiary/aromatic N) is 4. The maximum Gasteiger partial charge on any atom is 0.143 e. The largest absolute Gasteiger partial charge is 0.382 e. The van der Waals surface area contributed by atoms with Crippen LogP contribution in [0.4, 0.5) is 5.69 Å². The van der Waals surface area contributed by atoms with E-state index in [1.54, 1.807) is 11.0 Å². The number of tetrazole rings is 1. The highest BCUT2D eigenvalue weighted by atomic mass is 16.5. The second-order valence-electron chi connectivity index (χ2n) is 4.32. The van der Waals surface area contributed by atoms with Crippen LogP contribution in [0.1, 0.15) is 12.8 Å². The highest BCUT2D eigenvalue weighted by Crippen LogP contribution is 2.15. The van der Waals surface area contributed by atoms with E-state index in [9.17, 15) is 0 Å². The minimum atomic E-state index is 0.351. The van der Waals surface area contributed by atoms with Crippen LogP contribution < -0.4 is 5.32 Å². The Balaban J connectivity index is 1.60. The number of rotatable bonds is 4. The topological polar surface area (TPSA) is 64.9 Å². The molecule has 1 atom stereocenters. The van der Waals surface area contributed by atoms with Crippen molar-refractivity contribution in [2.75, 3.05) is 18.5 Å². The predicted molar refractivity (Wildman–Crippen MR) is 66.6 cm³/mol. The molecule has 6 heteroatoms. The van der Waals surface area contributed by atoms with Gasteiger partial charge in [0.2, 0.25) is 0 Å². The van der Waals surface area contributed by atoms with Gasteiger partial charge in [0, 0.05) is 18.8 Å². The second-order valence-corrected chi connectivity index (χ2v) is 4.32. The van der Waals surface area contributed by atoms with Crippen molar-refractivity contribution >= 4 is 5.69 Å². The zero-order valence-corrected chi connectivity index (χ0v) is 9.99. The molecule has 0 spiro atoms. The van der Waals surface area contributed by atoms with Crippen LogP contribution >= 0.6 is 0 Å². The van der Waals surface area contributed by atoms with Gasteiger partial charge in [0.05, 0.1) is 11.8 Å². The van der Waals surface area contributed by atoms with E-state index in [4.69, 9.17) is 4.74 Å². The first-order chi connectivity index (χ1) is 8.92. The van der Waals surface area contributed by atoms with Gasteiger partial charge in [0.25, 0.3) is 0 Å². The molecule has 6 nitrogen and oxygen atoms in total. The summed E-state index contributed by atoms with van der Waals surface area (Å²) >= 11 is 0. The molecular weight excluding hydrogens is 230 g/mol. The molecule has 0 amide bonds. The number of benzene rings is 1. The Morgan fingerprint density at radius 2 is 2.22 bits per heavy atom. The van der Waals surface area contributed by atoms with Crippen molar-refractivity contribution in [1.29, 1.82) is 0 Å². The monoisotopic (exact) mass is 245 g/mol. The van der Waals surface area contributed by atoms with E-state index in [-0.39, 0.29) is 0 Å². The molecule has 94 valence electrons. The third-order valence-electron chi connectivity index (χ3n) is 3.04. The number of nitrogens with one attached hydrogen (secondary N) is 1. The zero-order chi connectivity index (χ0) is 12.2. The van der Waals surface area contributed by atoms with Gasteiger partial charge >= 0.3 is 0 Å². The maximum atomic E-state index is 5.56. The van der Waals surface area contributed by atoms with Gasteiger partial charge in [-0.2, -0.15) is 0 Å². The maximum absolute atomic E-state index is 5.56. The Labute approximate surface area is 105 Å². The molecule has 1 aliphatic heterocycles. The Hall–Kier alpha value is -1.95. The van der Waals surface area contributed by atoms with Crippen molar-refractivity contribution in [3.8, 4) is 5.69 Å². The smallest absolute Gasteiger partial charge is 0.143 e. The van der Waals surface area contributed by atoms with Crippen molar-refractivity contribution < 1.29 is 4.74 Å². The minimum absolute atomic E-state index is 0.351. The van der Waals surface area contributed by atoms with Gasteiger partial charge in [0.15, 0.2) is 0 Å². The van der Waals surface area contributed by atoms with Crippen molar-refractivity contribution in [3.63, 3.8) is 0 Å². The average molecular weight is 245 g/mol. The van der Waals surface area contributed by atoms with Crippen LogP contribution in [0.25, 0.3) is 5.69 Å². The Morgan fingerprint density at radius 1 is 1.33 bits per heavy atom. The van der Waals surface area contributed by atoms with Crippen LogP contribution in [0.15, 0.2) is 30.6 Å². The minimum Gasteiger partial charge on any atom is -0.382 e. The summed E-state index contributed by atoms with van der Waals surface area (Å²) in [4.78, 5) is 0. The fourth-order valence-corrected chi connectivity index (χ4v) is 2.05. The van der Waals surface area contributed by atoms with Gasteiger partial charge in [-0.1, -0.05) is 0 Å². The number of ether oxygens (including phenoxy) is 1. The Bertz CT molecular complexity index is 476. The normalized spacial score (nSPS) is 19.0. The number of hydrogen-bond acceptors (Lipinski definition) is 5. The van der Waals surface area contributed by atoms with Crippen molar-refractivity contribution in [1.82, 2.24) is 20.2 Å². The molecule has 2 heterocycles. The molecule has 18 heavy (non-hydrogen) atoms. The van der Waals surface area contributed by atoms with Gasteiger partial charge in [-0.05, 0) is 47.5 Å². The lowest BCUT2D eigenvalue weighted by Gasteiger charge is -2.12. The summed E-state index contributed by atoms with van der Waals surface area (Å²) in [5, 5.41) is 14.4. The molecule has 1 aromatic carbocycles. The number of hydrogen-bond donors (Lipinski definition) is 1. The first-order valence-electron chi connectivity index (χ1n) is 6.11. The summed E-state index contributed by atoms with van der Waals surface area (Å²) in [7, 11) is 0. The van der Waals surface area contributed by atoms with Crippen molar-refractivity contribution in [2.45, 2.75) is 18.9 Å². The first kappa shape index (κ1) is 11.2. The average Bonchev–Trinajstić information content (AvgIpc) is 3.10. The molecule has 0 radical (unpaired) electrons. The summed E-state index contributed by atoms with van der Waals surface area (Å²) in [6.07, 6.45) is 4.25. The van der Waals surface area contributed by atoms with Crippen LogP contribution in [0.5, 0.6) is 0 Å². The summed E-state index contributed by atoms with van der Waals surface area (Å²) in [5.41, 5.74) is 2.03. The van der Waals surface area contributed by atoms with E-state index in [0.717, 1.165) is 30.9 Å². The van der Waals surface area contributed by atoms with Crippen molar-refractivity contribution in [3.05, 3.63) is 30.6 Å². The summed E-state index contributed by atoms with van der Waals surface area (Å²) in [6, 6.07) is 8.00. The summed E-state index contributed by atoms with van der Waals surface area (Å²) in [6.45, 7) is 1.76. The fourth-order valence-electron chi connectivity index (χ4n) is 2.05. The van der Waals surface area contributed by atoms with Gasteiger partial charge in [-0.25, -0.2) is 4.68 Å². The zero-order valence-electron chi connectivity index (χ0n) is 9.99. The molecule has 0 aliphatic carbocycles. The summed E-state index contributed by atoms with van der Waals surface area (Å²) in [5.74, 6) is 0. The molecular formula is C12H15N5O. The SMILES string of the molecule is c1cc(-n2cnnn2)ccc1NCC1CCCO1. The van der Waals surface area contributed by atoms with Crippen LogP contribution in [0, 0.1) is 0 Å². The predicted octanol–water partition coefficient (Wildman–Crippen LogP) is 1.25. The molecule has 1 aliphatic rings. The van der Waals surface area contributed by atoms with E-state index >= 15 is 0 Å². The molecule has 1 N–H and O–H groups in total. The van der Waals surface area contributed by atoms with Crippen molar-refractivity contribution in [2.24, 2.45) is 0 Å². The highest BCUT2D eigenvalue weighted by Gasteiger charge is 2.14. The van der Waals surface area contributed by atoms with Gasteiger partial charge in [-0.3, -0.25) is 0 Å². The van der Waals surface area contributed by atoms with E-state index in [0.29, 0.717) is 6.10 Å². The quantitative estimate of drug-likeness (QED) is 0.878. The standard InChI is InChI=1S/C12H15N5O/c1-2-12(18-7-1)8-13-10-3-5-11(6-4-10)17-9-14-15-16-17/h3-6,9,12-13H,1-2,7-8H2. The van der Waals surface area contributed by atoms with Crippen LogP contribution in [-0.2, 0) is 4.74 Å². The van der Waals surface area contributed by atoms with Gasteiger partial charge < -0.3 is 10.1 Å². The van der Waals surface area contributed by atoms with E-state index in [1.807, 2.05) is 24.3 Å². The molecule has 3 rings (SSSR count). The van der Waals surface area contributed by atoms with E-state index in [1.165, 1.54) is 6.42 Å². The van der Waals surface area contributed by atoms with E-state index in [2.05, 4.69) is 20.8 Å². The van der Waals surface area contributed by atoms with Crippen LogP contribution in [0.2, 0.25) is 0 Å². The lowest BCUT2D eigenvalue weighted by Crippen LogP contribution is -2.18. The molecule has 1 unspecified atom stereocenters. The third-order valence-corrected chi connectivity index (χ3v) is 3.04. The molecule has 1 fully saturated rings. The van der Waals surface area contributed by atoms with Crippen LogP contribution in [-0.4, -0.2) is 39.5 Å². The fraction of sp³-hybridized carbons (Fsp3) is 0.417. The lowest BCUT2D eigenvalue weighted by molar-refractivity contribution is 0.120. The summed E-state index contributed by atoms with van der Waals surface area (Å²) < 4.78 is 7.19. The first-order valence-corrected chi connectivity index (χ1v) is 6.11. The Morgan fingerprint density at radius 3 is 2.89 bits per heavy atom. The molecule has 1 aromatic heterocycles. The molecule has 0 bridgehead atoms. The highest BCUT2D eigenvalue weighted by molar-refractivity contribution is 5.48.